The first-order valence-corrected chi connectivity index (χ1v) is 6.30. The van der Waals surface area contributed by atoms with Crippen molar-refractivity contribution in [3.05, 3.63) is 35.6 Å². The van der Waals surface area contributed by atoms with Crippen molar-refractivity contribution in [2.45, 2.75) is 26.8 Å². The van der Waals surface area contributed by atoms with Crippen LogP contribution in [0.4, 0.5) is 4.39 Å². The van der Waals surface area contributed by atoms with Gasteiger partial charge in [-0.15, -0.1) is 0 Å². The standard InChI is InChI=1S/C14H21FN2O/c1-11(2)6-7-17-14(18)10-16-9-12-4-3-5-13(15)8-12/h3-5,8,11,16H,6-7,9-10H2,1-2H3,(H,17,18). The molecule has 100 valence electrons. The van der Waals surface area contributed by atoms with Gasteiger partial charge in [0, 0.05) is 13.1 Å². The van der Waals surface area contributed by atoms with Crippen molar-refractivity contribution in [1.29, 1.82) is 0 Å². The molecule has 0 aliphatic rings. The smallest absolute Gasteiger partial charge is 0.233 e. The molecule has 1 aromatic carbocycles. The fraction of sp³-hybridized carbons (Fsp3) is 0.500. The summed E-state index contributed by atoms with van der Waals surface area (Å²) >= 11 is 0. The third-order valence-corrected chi connectivity index (χ3v) is 2.55. The van der Waals surface area contributed by atoms with Gasteiger partial charge in [-0.1, -0.05) is 26.0 Å². The lowest BCUT2D eigenvalue weighted by Gasteiger charge is -2.08. The van der Waals surface area contributed by atoms with Crippen LogP contribution < -0.4 is 10.6 Å². The fourth-order valence-electron chi connectivity index (χ4n) is 1.53. The van der Waals surface area contributed by atoms with Crippen LogP contribution in [0, 0.1) is 11.7 Å². The molecule has 0 atom stereocenters. The predicted molar refractivity (Wildman–Crippen MR) is 70.6 cm³/mol. The molecule has 0 bridgehead atoms. The van der Waals surface area contributed by atoms with Gasteiger partial charge in [-0.25, -0.2) is 4.39 Å². The van der Waals surface area contributed by atoms with Crippen molar-refractivity contribution < 1.29 is 9.18 Å². The largest absolute Gasteiger partial charge is 0.355 e. The molecule has 0 aromatic heterocycles. The number of halogens is 1. The van der Waals surface area contributed by atoms with Gasteiger partial charge in [0.15, 0.2) is 0 Å². The first-order chi connectivity index (χ1) is 8.58. The molecule has 4 heteroatoms. The summed E-state index contributed by atoms with van der Waals surface area (Å²) in [5, 5.41) is 5.82. The van der Waals surface area contributed by atoms with Crippen molar-refractivity contribution in [3.63, 3.8) is 0 Å². The van der Waals surface area contributed by atoms with E-state index in [9.17, 15) is 9.18 Å². The number of amides is 1. The summed E-state index contributed by atoms with van der Waals surface area (Å²) in [6, 6.07) is 6.35. The van der Waals surface area contributed by atoms with Gasteiger partial charge in [-0.3, -0.25) is 4.79 Å². The van der Waals surface area contributed by atoms with E-state index in [1.165, 1.54) is 12.1 Å². The van der Waals surface area contributed by atoms with Crippen LogP contribution in [0.25, 0.3) is 0 Å². The lowest BCUT2D eigenvalue weighted by molar-refractivity contribution is -0.120. The van der Waals surface area contributed by atoms with Crippen LogP contribution in [0.15, 0.2) is 24.3 Å². The first-order valence-electron chi connectivity index (χ1n) is 6.30. The number of rotatable bonds is 7. The Bertz CT molecular complexity index is 380. The zero-order valence-corrected chi connectivity index (χ0v) is 11.0. The topological polar surface area (TPSA) is 41.1 Å². The van der Waals surface area contributed by atoms with Crippen LogP contribution in [-0.2, 0) is 11.3 Å². The molecule has 1 amide bonds. The Balaban J connectivity index is 2.15. The molecular formula is C14H21FN2O. The van der Waals surface area contributed by atoms with E-state index in [1.807, 2.05) is 6.07 Å². The fourth-order valence-corrected chi connectivity index (χ4v) is 1.53. The number of hydrogen-bond acceptors (Lipinski definition) is 2. The van der Waals surface area contributed by atoms with E-state index in [1.54, 1.807) is 6.07 Å². The van der Waals surface area contributed by atoms with Crippen molar-refractivity contribution in [1.82, 2.24) is 10.6 Å². The van der Waals surface area contributed by atoms with E-state index >= 15 is 0 Å². The van der Waals surface area contributed by atoms with Crippen LogP contribution in [-0.4, -0.2) is 19.0 Å². The summed E-state index contributed by atoms with van der Waals surface area (Å²) in [5.74, 6) is 0.313. The van der Waals surface area contributed by atoms with Crippen molar-refractivity contribution >= 4 is 5.91 Å². The number of benzene rings is 1. The maximum Gasteiger partial charge on any atom is 0.233 e. The minimum absolute atomic E-state index is 0.0212. The average molecular weight is 252 g/mol. The summed E-state index contributed by atoms with van der Waals surface area (Å²) in [6.45, 7) is 5.70. The van der Waals surface area contributed by atoms with Crippen LogP contribution in [0.3, 0.4) is 0 Å². The quantitative estimate of drug-likeness (QED) is 0.780. The third-order valence-electron chi connectivity index (χ3n) is 2.55. The average Bonchev–Trinajstić information content (AvgIpc) is 2.28. The molecule has 2 N–H and O–H groups in total. The highest BCUT2D eigenvalue weighted by Gasteiger charge is 2.01. The van der Waals surface area contributed by atoms with Crippen LogP contribution in [0.2, 0.25) is 0 Å². The summed E-state index contributed by atoms with van der Waals surface area (Å²) in [6.07, 6.45) is 0.982. The molecule has 0 saturated carbocycles. The molecule has 0 radical (unpaired) electrons. The van der Waals surface area contributed by atoms with Crippen molar-refractivity contribution in [3.8, 4) is 0 Å². The molecular weight excluding hydrogens is 231 g/mol. The maximum absolute atomic E-state index is 12.9. The second kappa shape index (κ2) is 7.82. The molecule has 1 rings (SSSR count). The van der Waals surface area contributed by atoms with E-state index in [0.717, 1.165) is 12.0 Å². The molecule has 0 aliphatic carbocycles. The summed E-state index contributed by atoms with van der Waals surface area (Å²) in [4.78, 5) is 11.4. The summed E-state index contributed by atoms with van der Waals surface area (Å²) < 4.78 is 12.9. The zero-order chi connectivity index (χ0) is 13.4. The van der Waals surface area contributed by atoms with Crippen LogP contribution in [0.1, 0.15) is 25.8 Å². The Kier molecular flexibility index (Phi) is 6.36. The highest BCUT2D eigenvalue weighted by atomic mass is 19.1. The number of hydrogen-bond donors (Lipinski definition) is 2. The lowest BCUT2D eigenvalue weighted by Crippen LogP contribution is -2.34. The first kappa shape index (κ1) is 14.6. The highest BCUT2D eigenvalue weighted by Crippen LogP contribution is 2.02. The molecule has 0 saturated heterocycles. The van der Waals surface area contributed by atoms with Gasteiger partial charge in [0.1, 0.15) is 5.82 Å². The number of carbonyl (C=O) groups excluding carboxylic acids is 1. The Morgan fingerprint density at radius 1 is 1.39 bits per heavy atom. The van der Waals surface area contributed by atoms with E-state index in [0.29, 0.717) is 19.0 Å². The monoisotopic (exact) mass is 252 g/mol. The van der Waals surface area contributed by atoms with E-state index < -0.39 is 0 Å². The zero-order valence-electron chi connectivity index (χ0n) is 11.0. The minimum Gasteiger partial charge on any atom is -0.355 e. The SMILES string of the molecule is CC(C)CCNC(=O)CNCc1cccc(F)c1. The number of carbonyl (C=O) groups is 1. The van der Waals surface area contributed by atoms with Gasteiger partial charge in [0.2, 0.25) is 5.91 Å². The molecule has 1 aromatic rings. The third kappa shape index (κ3) is 6.35. The van der Waals surface area contributed by atoms with Gasteiger partial charge >= 0.3 is 0 Å². The van der Waals surface area contributed by atoms with E-state index in [2.05, 4.69) is 24.5 Å². The summed E-state index contributed by atoms with van der Waals surface area (Å²) in [5.41, 5.74) is 0.838. The van der Waals surface area contributed by atoms with Gasteiger partial charge < -0.3 is 10.6 Å². The Labute approximate surface area is 108 Å². The normalized spacial score (nSPS) is 10.7. The Hall–Kier alpha value is -1.42. The van der Waals surface area contributed by atoms with Gasteiger partial charge in [-0.05, 0) is 30.0 Å². The second-order valence-electron chi connectivity index (χ2n) is 4.77. The predicted octanol–water partition coefficient (Wildman–Crippen LogP) is 2.08. The van der Waals surface area contributed by atoms with Gasteiger partial charge in [0.05, 0.1) is 6.54 Å². The van der Waals surface area contributed by atoms with E-state index in [-0.39, 0.29) is 18.3 Å². The lowest BCUT2D eigenvalue weighted by atomic mass is 10.1. The molecule has 0 heterocycles. The van der Waals surface area contributed by atoms with Crippen LogP contribution >= 0.6 is 0 Å². The van der Waals surface area contributed by atoms with Crippen molar-refractivity contribution in [2.75, 3.05) is 13.1 Å². The Morgan fingerprint density at radius 3 is 2.83 bits per heavy atom. The highest BCUT2D eigenvalue weighted by molar-refractivity contribution is 5.77. The molecule has 0 unspecified atom stereocenters. The maximum atomic E-state index is 12.9. The van der Waals surface area contributed by atoms with Crippen LogP contribution in [0.5, 0.6) is 0 Å². The minimum atomic E-state index is -0.254. The molecule has 0 aliphatic heterocycles. The van der Waals surface area contributed by atoms with Gasteiger partial charge in [-0.2, -0.15) is 0 Å². The van der Waals surface area contributed by atoms with E-state index in [4.69, 9.17) is 0 Å². The Morgan fingerprint density at radius 2 is 2.17 bits per heavy atom. The van der Waals surface area contributed by atoms with Crippen molar-refractivity contribution in [2.24, 2.45) is 5.92 Å². The van der Waals surface area contributed by atoms with Gasteiger partial charge in [0.25, 0.3) is 0 Å². The molecule has 0 spiro atoms. The number of nitrogens with one attached hydrogen (secondary N) is 2. The molecule has 18 heavy (non-hydrogen) atoms. The molecule has 3 nitrogen and oxygen atoms in total. The second-order valence-corrected chi connectivity index (χ2v) is 4.77. The molecule has 0 fully saturated rings. The summed E-state index contributed by atoms with van der Waals surface area (Å²) in [7, 11) is 0.